The topological polar surface area (TPSA) is 81.1 Å². The summed E-state index contributed by atoms with van der Waals surface area (Å²) in [5.74, 6) is 2.17. The number of rotatable bonds is 8. The van der Waals surface area contributed by atoms with Gasteiger partial charge >= 0.3 is 6.03 Å². The van der Waals surface area contributed by atoms with Gasteiger partial charge in [0.25, 0.3) is 0 Å². The number of urea groups is 1. The van der Waals surface area contributed by atoms with Gasteiger partial charge in [-0.15, -0.1) is 10.2 Å². The molecular weight excluding hydrogens is 482 g/mol. The van der Waals surface area contributed by atoms with Crippen LogP contribution in [0.3, 0.4) is 0 Å². The number of methoxy groups -OCH3 is 1. The average Bonchev–Trinajstić information content (AvgIpc) is 3.34. The third kappa shape index (κ3) is 5.76. The van der Waals surface area contributed by atoms with Gasteiger partial charge in [0, 0.05) is 16.8 Å². The number of hydrogen-bond donors (Lipinski definition) is 2. The van der Waals surface area contributed by atoms with Crippen molar-refractivity contribution in [3.8, 4) is 11.4 Å². The van der Waals surface area contributed by atoms with Crippen molar-refractivity contribution in [3.63, 3.8) is 0 Å². The van der Waals surface area contributed by atoms with Crippen LogP contribution in [0.1, 0.15) is 17.0 Å². The molecule has 0 saturated carbocycles. The first kappa shape index (κ1) is 24.4. The summed E-state index contributed by atoms with van der Waals surface area (Å²) in [4.78, 5) is 12.8. The summed E-state index contributed by atoms with van der Waals surface area (Å²) >= 11 is 1.58. The molecule has 0 atom stereocenters. The van der Waals surface area contributed by atoms with E-state index < -0.39 is 0 Å². The number of aryl methyl sites for hydroxylation is 1. The molecule has 4 aromatic carbocycles. The molecule has 0 aliphatic heterocycles. The minimum atomic E-state index is -0.305. The number of benzene rings is 4. The zero-order chi connectivity index (χ0) is 25.6. The Bertz CT molecular complexity index is 1530. The number of fused-ring (bicyclic) bond motifs is 1. The standard InChI is InChI=1S/C29H27N5O2S/c1-20-13-15-23(16-14-20)34-27(32-33-29(34)37-19-21-7-5-10-24(17-21)36-2)18-30-28(35)31-26-12-6-9-22-8-3-4-11-25(22)26/h3-17H,18-19H2,1-2H3,(H2,30,31,35). The fraction of sp³-hybridized carbons (Fsp3) is 0.138. The summed E-state index contributed by atoms with van der Waals surface area (Å²) in [6.07, 6.45) is 0. The molecule has 5 rings (SSSR count). The number of carbonyl (C=O) groups is 1. The van der Waals surface area contributed by atoms with Gasteiger partial charge in [-0.2, -0.15) is 0 Å². The third-order valence-electron chi connectivity index (χ3n) is 5.94. The van der Waals surface area contributed by atoms with Crippen molar-refractivity contribution in [2.45, 2.75) is 24.4 Å². The zero-order valence-electron chi connectivity index (χ0n) is 20.6. The number of nitrogens with one attached hydrogen (secondary N) is 2. The van der Waals surface area contributed by atoms with E-state index in [4.69, 9.17) is 4.74 Å². The average molecular weight is 510 g/mol. The van der Waals surface area contributed by atoms with Gasteiger partial charge in [0.05, 0.1) is 19.3 Å². The van der Waals surface area contributed by atoms with Crippen molar-refractivity contribution in [1.29, 1.82) is 0 Å². The van der Waals surface area contributed by atoms with Gasteiger partial charge < -0.3 is 15.4 Å². The molecule has 2 N–H and O–H groups in total. The maximum Gasteiger partial charge on any atom is 0.319 e. The first-order chi connectivity index (χ1) is 18.1. The quantitative estimate of drug-likeness (QED) is 0.238. The van der Waals surface area contributed by atoms with Gasteiger partial charge in [0.2, 0.25) is 0 Å². The van der Waals surface area contributed by atoms with Crippen molar-refractivity contribution in [2.24, 2.45) is 0 Å². The summed E-state index contributed by atoms with van der Waals surface area (Å²) in [5, 5.41) is 17.6. The van der Waals surface area contributed by atoms with Crippen molar-refractivity contribution in [2.75, 3.05) is 12.4 Å². The monoisotopic (exact) mass is 509 g/mol. The Morgan fingerprint density at radius 2 is 1.73 bits per heavy atom. The molecular formula is C29H27N5O2S. The van der Waals surface area contributed by atoms with Gasteiger partial charge in [0.15, 0.2) is 11.0 Å². The number of hydrogen-bond acceptors (Lipinski definition) is 5. The van der Waals surface area contributed by atoms with Gasteiger partial charge in [-0.25, -0.2) is 4.79 Å². The molecule has 0 unspecified atom stereocenters. The number of ether oxygens (including phenoxy) is 1. The van der Waals surface area contributed by atoms with Gasteiger partial charge in [-0.3, -0.25) is 4.57 Å². The highest BCUT2D eigenvalue weighted by molar-refractivity contribution is 7.98. The van der Waals surface area contributed by atoms with E-state index in [0.717, 1.165) is 44.2 Å². The predicted octanol–water partition coefficient (Wildman–Crippen LogP) is 6.35. The lowest BCUT2D eigenvalue weighted by Crippen LogP contribution is -2.29. The lowest BCUT2D eigenvalue weighted by atomic mass is 10.1. The number of amides is 2. The number of thioether (sulfide) groups is 1. The van der Waals surface area contributed by atoms with E-state index in [0.29, 0.717) is 11.6 Å². The highest BCUT2D eigenvalue weighted by atomic mass is 32.2. The van der Waals surface area contributed by atoms with Crippen LogP contribution in [0.4, 0.5) is 10.5 Å². The predicted molar refractivity (Wildman–Crippen MR) is 148 cm³/mol. The molecule has 0 aliphatic rings. The van der Waals surface area contributed by atoms with Crippen LogP contribution in [0.5, 0.6) is 5.75 Å². The molecule has 8 heteroatoms. The molecule has 7 nitrogen and oxygen atoms in total. The Kier molecular flexibility index (Phi) is 7.37. The Morgan fingerprint density at radius 1 is 0.946 bits per heavy atom. The van der Waals surface area contributed by atoms with E-state index in [9.17, 15) is 4.79 Å². The summed E-state index contributed by atoms with van der Waals surface area (Å²) in [5.41, 5.74) is 3.98. The largest absolute Gasteiger partial charge is 0.497 e. The van der Waals surface area contributed by atoms with E-state index in [1.807, 2.05) is 77.4 Å². The van der Waals surface area contributed by atoms with Crippen LogP contribution >= 0.6 is 11.8 Å². The van der Waals surface area contributed by atoms with E-state index in [-0.39, 0.29) is 12.6 Å². The normalized spacial score (nSPS) is 10.9. The first-order valence-corrected chi connectivity index (χ1v) is 12.9. The van der Waals surface area contributed by atoms with E-state index >= 15 is 0 Å². The number of anilines is 1. The Hall–Kier alpha value is -4.30. The SMILES string of the molecule is COc1cccc(CSc2nnc(CNC(=O)Nc3cccc4ccccc34)n2-c2ccc(C)cc2)c1. The number of carbonyl (C=O) groups excluding carboxylic acids is 1. The first-order valence-electron chi connectivity index (χ1n) is 11.9. The second-order valence-corrected chi connectivity index (χ2v) is 9.49. The maximum atomic E-state index is 12.8. The van der Waals surface area contributed by atoms with Crippen LogP contribution in [0, 0.1) is 6.92 Å². The lowest BCUT2D eigenvalue weighted by Gasteiger charge is -2.13. The van der Waals surface area contributed by atoms with Crippen molar-refractivity contribution in [3.05, 3.63) is 108 Å². The molecule has 0 aliphatic carbocycles. The zero-order valence-corrected chi connectivity index (χ0v) is 21.5. The van der Waals surface area contributed by atoms with Gasteiger partial charge in [-0.05, 0) is 48.2 Å². The van der Waals surface area contributed by atoms with Crippen molar-refractivity contribution in [1.82, 2.24) is 20.1 Å². The van der Waals surface area contributed by atoms with Crippen LogP contribution in [-0.2, 0) is 12.3 Å². The minimum absolute atomic E-state index is 0.219. The second kappa shape index (κ2) is 11.2. The molecule has 0 radical (unpaired) electrons. The molecule has 1 aromatic heterocycles. The molecule has 186 valence electrons. The molecule has 2 amide bonds. The van der Waals surface area contributed by atoms with E-state index in [1.165, 1.54) is 0 Å². The molecule has 0 fully saturated rings. The van der Waals surface area contributed by atoms with Crippen molar-refractivity contribution >= 4 is 34.3 Å². The van der Waals surface area contributed by atoms with Crippen LogP contribution < -0.4 is 15.4 Å². The molecule has 1 heterocycles. The maximum absolute atomic E-state index is 12.8. The van der Waals surface area contributed by atoms with E-state index in [2.05, 4.69) is 46.0 Å². The second-order valence-electron chi connectivity index (χ2n) is 8.54. The summed E-state index contributed by atoms with van der Waals surface area (Å²) in [7, 11) is 1.66. The van der Waals surface area contributed by atoms with E-state index in [1.54, 1.807) is 18.9 Å². The Labute approximate surface area is 219 Å². The summed E-state index contributed by atoms with van der Waals surface area (Å²) < 4.78 is 7.34. The summed E-state index contributed by atoms with van der Waals surface area (Å²) in [6, 6.07) is 29.6. The molecule has 0 spiro atoms. The van der Waals surface area contributed by atoms with Crippen LogP contribution in [0.15, 0.2) is 96.2 Å². The van der Waals surface area contributed by atoms with Gasteiger partial charge in [0.1, 0.15) is 5.75 Å². The molecule has 5 aromatic rings. The minimum Gasteiger partial charge on any atom is -0.497 e. The summed E-state index contributed by atoms with van der Waals surface area (Å²) in [6.45, 7) is 2.27. The lowest BCUT2D eigenvalue weighted by molar-refractivity contribution is 0.251. The number of nitrogens with zero attached hydrogens (tertiary/aromatic N) is 3. The molecule has 37 heavy (non-hydrogen) atoms. The Balaban J connectivity index is 1.34. The van der Waals surface area contributed by atoms with Crippen molar-refractivity contribution < 1.29 is 9.53 Å². The fourth-order valence-electron chi connectivity index (χ4n) is 4.03. The Morgan fingerprint density at radius 3 is 2.57 bits per heavy atom. The smallest absolute Gasteiger partial charge is 0.319 e. The highest BCUT2D eigenvalue weighted by Gasteiger charge is 2.16. The molecule has 0 saturated heterocycles. The third-order valence-corrected chi connectivity index (χ3v) is 6.94. The fourth-order valence-corrected chi connectivity index (χ4v) is 4.95. The number of aromatic nitrogens is 3. The van der Waals surface area contributed by atoms with Crippen LogP contribution in [-0.4, -0.2) is 27.9 Å². The molecule has 0 bridgehead atoms. The van der Waals surface area contributed by atoms with Crippen LogP contribution in [0.25, 0.3) is 16.5 Å². The van der Waals surface area contributed by atoms with Crippen LogP contribution in [0.2, 0.25) is 0 Å². The highest BCUT2D eigenvalue weighted by Crippen LogP contribution is 2.27. The van der Waals surface area contributed by atoms with Gasteiger partial charge in [-0.1, -0.05) is 78.0 Å².